The van der Waals surface area contributed by atoms with Crippen molar-refractivity contribution in [3.05, 3.63) is 48.2 Å². The fourth-order valence-electron chi connectivity index (χ4n) is 1.42. The average Bonchev–Trinajstić information content (AvgIpc) is 2.39. The highest BCUT2D eigenvalue weighted by atomic mass is 32.2. The Morgan fingerprint density at radius 1 is 1.20 bits per heavy atom. The number of nitrogens with zero attached hydrogens (tertiary/aromatic N) is 2. The van der Waals surface area contributed by atoms with Crippen molar-refractivity contribution in [2.45, 2.75) is 5.03 Å². The first-order valence-corrected chi connectivity index (χ1v) is 6.72. The van der Waals surface area contributed by atoms with Crippen LogP contribution in [0.4, 0.5) is 10.1 Å². The lowest BCUT2D eigenvalue weighted by atomic mass is 10.3. The number of halogens is 1. The van der Waals surface area contributed by atoms with Gasteiger partial charge in [0.1, 0.15) is 0 Å². The first kappa shape index (κ1) is 13.9. The Morgan fingerprint density at radius 2 is 1.85 bits per heavy atom. The molecule has 0 unspecified atom stereocenters. The molecule has 0 spiro atoms. The van der Waals surface area contributed by atoms with Gasteiger partial charge in [0.05, 0.1) is 5.69 Å². The topological polar surface area (TPSA) is 109 Å². The second kappa shape index (κ2) is 5.21. The lowest BCUT2D eigenvalue weighted by molar-refractivity contribution is 0.0692. The third-order valence-corrected chi connectivity index (χ3v) is 3.53. The molecule has 0 atom stereocenters. The quantitative estimate of drug-likeness (QED) is 0.875. The predicted octanol–water partition coefficient (Wildman–Crippen LogP) is 1.11. The smallest absolute Gasteiger partial charge is 0.356 e. The highest BCUT2D eigenvalue weighted by molar-refractivity contribution is 7.92. The maximum absolute atomic E-state index is 13.4. The van der Waals surface area contributed by atoms with Crippen LogP contribution in [0.2, 0.25) is 0 Å². The molecule has 0 fully saturated rings. The Hall–Kier alpha value is -2.55. The summed E-state index contributed by atoms with van der Waals surface area (Å²) >= 11 is 0. The second-order valence-corrected chi connectivity index (χ2v) is 5.20. The molecule has 2 N–H and O–H groups in total. The average molecular weight is 297 g/mol. The summed E-state index contributed by atoms with van der Waals surface area (Å²) in [6, 6.07) is 4.72. The molecule has 7 nitrogen and oxygen atoms in total. The molecule has 9 heteroatoms. The highest BCUT2D eigenvalue weighted by Crippen LogP contribution is 2.18. The maximum atomic E-state index is 13.4. The van der Waals surface area contributed by atoms with Gasteiger partial charge in [-0.15, -0.1) is 0 Å². The first-order valence-electron chi connectivity index (χ1n) is 5.23. The van der Waals surface area contributed by atoms with E-state index in [4.69, 9.17) is 5.11 Å². The molecule has 2 aromatic heterocycles. The number of pyridine rings is 2. The molecule has 2 aromatic rings. The first-order chi connectivity index (χ1) is 9.42. The number of aromatic carboxylic acids is 1. The molecule has 104 valence electrons. The number of anilines is 1. The van der Waals surface area contributed by atoms with E-state index in [0.29, 0.717) is 0 Å². The fraction of sp³-hybridized carbons (Fsp3) is 0. The van der Waals surface area contributed by atoms with Crippen molar-refractivity contribution in [2.75, 3.05) is 4.72 Å². The summed E-state index contributed by atoms with van der Waals surface area (Å²) in [4.78, 5) is 17.9. The summed E-state index contributed by atoms with van der Waals surface area (Å²) in [6.07, 6.45) is 2.31. The van der Waals surface area contributed by atoms with Crippen molar-refractivity contribution >= 4 is 21.7 Å². The van der Waals surface area contributed by atoms with Crippen molar-refractivity contribution in [3.63, 3.8) is 0 Å². The monoisotopic (exact) mass is 297 g/mol. The largest absolute Gasteiger partial charge is 0.476 e. The minimum Gasteiger partial charge on any atom is -0.476 e. The second-order valence-electron chi connectivity index (χ2n) is 3.60. The molecule has 0 aromatic carbocycles. The van der Waals surface area contributed by atoms with E-state index in [2.05, 4.69) is 9.97 Å². The van der Waals surface area contributed by atoms with Gasteiger partial charge in [-0.3, -0.25) is 4.72 Å². The van der Waals surface area contributed by atoms with E-state index in [1.54, 1.807) is 0 Å². The molecule has 0 aliphatic carbocycles. The molecule has 2 rings (SSSR count). The fourth-order valence-corrected chi connectivity index (χ4v) is 2.50. The van der Waals surface area contributed by atoms with Crippen molar-refractivity contribution in [3.8, 4) is 0 Å². The molecule has 0 radical (unpaired) electrons. The Morgan fingerprint density at radius 3 is 2.50 bits per heavy atom. The molecule has 0 aliphatic heterocycles. The molecule has 20 heavy (non-hydrogen) atoms. The van der Waals surface area contributed by atoms with E-state index in [9.17, 15) is 17.6 Å². The van der Waals surface area contributed by atoms with Gasteiger partial charge in [-0.1, -0.05) is 0 Å². The van der Waals surface area contributed by atoms with Crippen molar-refractivity contribution in [2.24, 2.45) is 0 Å². The Labute approximate surface area is 113 Å². The van der Waals surface area contributed by atoms with Gasteiger partial charge in [0.2, 0.25) is 5.03 Å². The number of rotatable bonds is 4. The Kier molecular flexibility index (Phi) is 3.61. The van der Waals surface area contributed by atoms with Crippen molar-refractivity contribution in [1.82, 2.24) is 9.97 Å². The summed E-state index contributed by atoms with van der Waals surface area (Å²) in [5.74, 6) is -2.45. The number of carboxylic acid groups (broad SMARTS) is 1. The van der Waals surface area contributed by atoms with Crippen LogP contribution in [-0.2, 0) is 10.0 Å². The number of nitrogens with one attached hydrogen (secondary N) is 1. The van der Waals surface area contributed by atoms with Gasteiger partial charge in [0, 0.05) is 12.4 Å². The van der Waals surface area contributed by atoms with Gasteiger partial charge in [-0.25, -0.2) is 19.2 Å². The van der Waals surface area contributed by atoms with Crippen LogP contribution in [0.1, 0.15) is 10.5 Å². The zero-order valence-corrected chi connectivity index (χ0v) is 10.6. The van der Waals surface area contributed by atoms with Crippen molar-refractivity contribution < 1.29 is 22.7 Å². The number of aromatic nitrogens is 2. The predicted molar refractivity (Wildman–Crippen MR) is 66.2 cm³/mol. The standard InChI is InChI=1S/C11H8FN3O4S/c12-7-3-1-6-14-10(7)20(18,19)15-8-4-2-5-13-9(8)11(16)17/h1-6,15H,(H,16,17). The minimum atomic E-state index is -4.34. The maximum Gasteiger partial charge on any atom is 0.356 e. The van der Waals surface area contributed by atoms with Crippen LogP contribution in [0.5, 0.6) is 0 Å². The molecule has 0 saturated heterocycles. The highest BCUT2D eigenvalue weighted by Gasteiger charge is 2.23. The van der Waals surface area contributed by atoms with E-state index < -0.39 is 32.5 Å². The Bertz CT molecular complexity index is 764. The van der Waals surface area contributed by atoms with Crippen molar-refractivity contribution in [1.29, 1.82) is 0 Å². The van der Waals surface area contributed by atoms with E-state index in [0.717, 1.165) is 12.3 Å². The Balaban J connectivity index is 2.45. The molecular formula is C11H8FN3O4S. The summed E-state index contributed by atoms with van der Waals surface area (Å²) in [5.41, 5.74) is -0.766. The number of hydrogen-bond donors (Lipinski definition) is 2. The third-order valence-electron chi connectivity index (χ3n) is 2.23. The molecule has 0 bridgehead atoms. The molecule has 0 aliphatic rings. The molecule has 0 amide bonds. The SMILES string of the molecule is O=C(O)c1ncccc1NS(=O)(=O)c1ncccc1F. The van der Waals surface area contributed by atoms with Gasteiger partial charge < -0.3 is 5.11 Å². The van der Waals surface area contributed by atoms with Crippen LogP contribution >= 0.6 is 0 Å². The van der Waals surface area contributed by atoms with E-state index >= 15 is 0 Å². The van der Waals surface area contributed by atoms with Crippen LogP contribution in [-0.4, -0.2) is 29.5 Å². The summed E-state index contributed by atoms with van der Waals surface area (Å²) < 4.78 is 39.3. The molecule has 0 saturated carbocycles. The number of carboxylic acids is 1. The van der Waals surface area contributed by atoms with Crippen LogP contribution in [0.25, 0.3) is 0 Å². The van der Waals surface area contributed by atoms with Crippen LogP contribution in [0.3, 0.4) is 0 Å². The summed E-state index contributed by atoms with van der Waals surface area (Å²) in [5, 5.41) is 8.08. The van der Waals surface area contributed by atoms with E-state index in [-0.39, 0.29) is 5.69 Å². The van der Waals surface area contributed by atoms with Gasteiger partial charge in [-0.2, -0.15) is 8.42 Å². The lowest BCUT2D eigenvalue weighted by Gasteiger charge is -2.09. The molecule has 2 heterocycles. The summed E-state index contributed by atoms with van der Waals surface area (Å²) in [6.45, 7) is 0. The van der Waals surface area contributed by atoms with E-state index in [1.165, 1.54) is 24.4 Å². The summed E-state index contributed by atoms with van der Waals surface area (Å²) in [7, 11) is -4.34. The van der Waals surface area contributed by atoms with Crippen LogP contribution in [0.15, 0.2) is 41.7 Å². The zero-order chi connectivity index (χ0) is 14.8. The molecular weight excluding hydrogens is 289 g/mol. The zero-order valence-electron chi connectivity index (χ0n) is 9.82. The van der Waals surface area contributed by atoms with Gasteiger partial charge in [-0.05, 0) is 24.3 Å². The van der Waals surface area contributed by atoms with Gasteiger partial charge >= 0.3 is 5.97 Å². The van der Waals surface area contributed by atoms with Gasteiger partial charge in [0.15, 0.2) is 11.5 Å². The normalized spacial score (nSPS) is 11.1. The number of hydrogen-bond acceptors (Lipinski definition) is 5. The number of carbonyl (C=O) groups is 1. The minimum absolute atomic E-state index is 0.273. The number of sulfonamides is 1. The third kappa shape index (κ3) is 2.72. The van der Waals surface area contributed by atoms with Gasteiger partial charge in [0.25, 0.3) is 10.0 Å². The lowest BCUT2D eigenvalue weighted by Crippen LogP contribution is -2.18. The van der Waals surface area contributed by atoms with E-state index in [1.807, 2.05) is 4.72 Å². The van der Waals surface area contributed by atoms with Crippen LogP contribution < -0.4 is 4.72 Å². The van der Waals surface area contributed by atoms with Crippen LogP contribution in [0, 0.1) is 5.82 Å².